The summed E-state index contributed by atoms with van der Waals surface area (Å²) in [6.07, 6.45) is 0. The summed E-state index contributed by atoms with van der Waals surface area (Å²) in [6.45, 7) is 6.42. The number of halogens is 2. The zero-order chi connectivity index (χ0) is 15.7. The largest absolute Gasteiger partial charge is 0.384 e. The highest BCUT2D eigenvalue weighted by atomic mass is 79.9. The molecule has 122 valence electrons. The van der Waals surface area contributed by atoms with E-state index >= 15 is 0 Å². The lowest BCUT2D eigenvalue weighted by atomic mass is 9.86. The number of benzene rings is 1. The molecule has 8 heteroatoms. The Morgan fingerprint density at radius 1 is 1.29 bits per heavy atom. The third-order valence-electron chi connectivity index (χ3n) is 2.84. The zero-order valence-corrected chi connectivity index (χ0v) is 16.0. The van der Waals surface area contributed by atoms with Gasteiger partial charge in [0.2, 0.25) is 0 Å². The minimum atomic E-state index is -3.81. The lowest BCUT2D eigenvalue weighted by molar-refractivity contribution is 0.418. The molecular formula is C13H22BrClN2O3S. The number of hydrogen-bond acceptors (Lipinski definition) is 4. The Balaban J connectivity index is 0.00000400. The minimum absolute atomic E-state index is 0. The molecule has 1 aromatic rings. The van der Waals surface area contributed by atoms with Crippen LogP contribution in [-0.2, 0) is 22.3 Å². The average Bonchev–Trinajstić information content (AvgIpc) is 2.29. The summed E-state index contributed by atoms with van der Waals surface area (Å²) in [5.41, 5.74) is 7.36. The number of rotatable bonds is 4. The molecule has 0 heterocycles. The van der Waals surface area contributed by atoms with Crippen molar-refractivity contribution < 1.29 is 12.6 Å². The summed E-state index contributed by atoms with van der Waals surface area (Å²) < 4.78 is 30.4. The van der Waals surface area contributed by atoms with E-state index in [9.17, 15) is 8.42 Å². The first kappa shape index (κ1) is 20.7. The second-order valence-electron chi connectivity index (χ2n) is 5.72. The molecule has 0 aliphatic heterocycles. The Kier molecular flexibility index (Phi) is 7.16. The normalized spacial score (nSPS) is 12.2. The minimum Gasteiger partial charge on any atom is -0.369 e. The Morgan fingerprint density at radius 2 is 1.81 bits per heavy atom. The van der Waals surface area contributed by atoms with E-state index in [1.54, 1.807) is 0 Å². The second-order valence-corrected chi connectivity index (χ2v) is 8.33. The van der Waals surface area contributed by atoms with Crippen LogP contribution < -0.4 is 9.92 Å². The lowest BCUT2D eigenvalue weighted by Crippen LogP contribution is -2.28. The summed E-state index contributed by atoms with van der Waals surface area (Å²) in [5.74, 6) is 0.245. The summed E-state index contributed by atoms with van der Waals surface area (Å²) in [7, 11) is -0.984. The van der Waals surface area contributed by atoms with Crippen molar-refractivity contribution in [3.8, 4) is 5.75 Å². The van der Waals surface area contributed by atoms with Crippen LogP contribution in [0.2, 0.25) is 0 Å². The van der Waals surface area contributed by atoms with Gasteiger partial charge >= 0.3 is 10.3 Å². The Bertz CT molecular complexity index is 598. The predicted octanol–water partition coefficient (Wildman–Crippen LogP) is 2.81. The molecular weight excluding hydrogens is 380 g/mol. The molecule has 0 bridgehead atoms. The molecule has 0 radical (unpaired) electrons. The second kappa shape index (κ2) is 7.28. The van der Waals surface area contributed by atoms with Gasteiger partial charge in [-0.15, -0.1) is 12.4 Å². The molecule has 0 saturated heterocycles. The van der Waals surface area contributed by atoms with Crippen molar-refractivity contribution >= 4 is 38.6 Å². The standard InChI is InChI=1S/C13H21BrN2O3S.ClH/c1-13(2,3)10-6-9(8-15)12(11(14)7-10)19-20(17,18)16(4)5;/h6-7H,8,15H2,1-5H3;1H. The van der Waals surface area contributed by atoms with E-state index in [1.807, 2.05) is 12.1 Å². The van der Waals surface area contributed by atoms with Gasteiger partial charge in [-0.1, -0.05) is 26.8 Å². The van der Waals surface area contributed by atoms with E-state index < -0.39 is 10.3 Å². The van der Waals surface area contributed by atoms with Gasteiger partial charge in [0.05, 0.1) is 4.47 Å². The molecule has 2 N–H and O–H groups in total. The molecule has 5 nitrogen and oxygen atoms in total. The van der Waals surface area contributed by atoms with Gasteiger partial charge in [-0.2, -0.15) is 12.7 Å². The van der Waals surface area contributed by atoms with Crippen molar-refractivity contribution in [2.24, 2.45) is 5.73 Å². The van der Waals surface area contributed by atoms with E-state index in [1.165, 1.54) is 14.1 Å². The molecule has 0 unspecified atom stereocenters. The highest BCUT2D eigenvalue weighted by Gasteiger charge is 2.23. The molecule has 1 rings (SSSR count). The first-order valence-corrected chi connectivity index (χ1v) is 8.29. The number of hydrogen-bond donors (Lipinski definition) is 1. The van der Waals surface area contributed by atoms with E-state index in [4.69, 9.17) is 9.92 Å². The fourth-order valence-electron chi connectivity index (χ4n) is 1.51. The summed E-state index contributed by atoms with van der Waals surface area (Å²) in [4.78, 5) is 0. The highest BCUT2D eigenvalue weighted by molar-refractivity contribution is 9.10. The van der Waals surface area contributed by atoms with Crippen molar-refractivity contribution in [2.75, 3.05) is 14.1 Å². The third-order valence-corrected chi connectivity index (χ3v) is 4.70. The van der Waals surface area contributed by atoms with Gasteiger partial charge < -0.3 is 9.92 Å². The average molecular weight is 402 g/mol. The SMILES string of the molecule is CN(C)S(=O)(=O)Oc1c(Br)cc(C(C)(C)C)cc1CN.Cl. The smallest absolute Gasteiger partial charge is 0.369 e. The van der Waals surface area contributed by atoms with E-state index in [0.29, 0.717) is 10.0 Å². The third kappa shape index (κ3) is 5.10. The van der Waals surface area contributed by atoms with Crippen molar-refractivity contribution in [1.29, 1.82) is 0 Å². The molecule has 0 spiro atoms. The summed E-state index contributed by atoms with van der Waals surface area (Å²) >= 11 is 3.37. The van der Waals surface area contributed by atoms with Crippen molar-refractivity contribution in [3.05, 3.63) is 27.7 Å². The van der Waals surface area contributed by atoms with Gasteiger partial charge in [0.15, 0.2) is 5.75 Å². The van der Waals surface area contributed by atoms with Gasteiger partial charge in [0.25, 0.3) is 0 Å². The molecule has 0 fully saturated rings. The molecule has 1 aromatic carbocycles. The molecule has 0 aromatic heterocycles. The first-order valence-electron chi connectivity index (χ1n) is 6.14. The van der Waals surface area contributed by atoms with Crippen LogP contribution in [0.4, 0.5) is 0 Å². The van der Waals surface area contributed by atoms with Crippen LogP contribution in [0.5, 0.6) is 5.75 Å². The van der Waals surface area contributed by atoms with Crippen LogP contribution in [0.25, 0.3) is 0 Å². The lowest BCUT2D eigenvalue weighted by Gasteiger charge is -2.22. The van der Waals surface area contributed by atoms with E-state index in [2.05, 4.69) is 36.7 Å². The van der Waals surface area contributed by atoms with Gasteiger partial charge in [0.1, 0.15) is 0 Å². The van der Waals surface area contributed by atoms with Crippen LogP contribution in [-0.4, -0.2) is 26.8 Å². The Hall–Kier alpha value is -0.340. The monoisotopic (exact) mass is 400 g/mol. The van der Waals surface area contributed by atoms with Gasteiger partial charge in [0, 0.05) is 26.2 Å². The molecule has 0 atom stereocenters. The first-order chi connectivity index (χ1) is 8.99. The Labute approximate surface area is 141 Å². The van der Waals surface area contributed by atoms with Crippen LogP contribution in [0.15, 0.2) is 16.6 Å². The quantitative estimate of drug-likeness (QED) is 0.842. The van der Waals surface area contributed by atoms with Crippen LogP contribution in [0.3, 0.4) is 0 Å². The fourth-order valence-corrected chi connectivity index (χ4v) is 2.75. The van der Waals surface area contributed by atoms with Crippen LogP contribution >= 0.6 is 28.3 Å². The van der Waals surface area contributed by atoms with Crippen LogP contribution in [0.1, 0.15) is 31.9 Å². The highest BCUT2D eigenvalue weighted by Crippen LogP contribution is 2.36. The van der Waals surface area contributed by atoms with Gasteiger partial charge in [-0.25, -0.2) is 0 Å². The van der Waals surface area contributed by atoms with E-state index in [0.717, 1.165) is 9.87 Å². The Morgan fingerprint density at radius 3 is 2.19 bits per heavy atom. The molecule has 0 saturated carbocycles. The van der Waals surface area contributed by atoms with Gasteiger partial charge in [-0.05, 0) is 33.0 Å². The topological polar surface area (TPSA) is 72.6 Å². The van der Waals surface area contributed by atoms with Crippen LogP contribution in [0, 0.1) is 0 Å². The maximum Gasteiger partial charge on any atom is 0.384 e. The maximum atomic E-state index is 11.8. The fraction of sp³-hybridized carbons (Fsp3) is 0.538. The predicted molar refractivity (Wildman–Crippen MR) is 91.2 cm³/mol. The van der Waals surface area contributed by atoms with Gasteiger partial charge in [-0.3, -0.25) is 0 Å². The maximum absolute atomic E-state index is 11.8. The van der Waals surface area contributed by atoms with E-state index in [-0.39, 0.29) is 30.1 Å². The molecule has 0 amide bonds. The zero-order valence-electron chi connectivity index (χ0n) is 12.8. The number of nitrogens with two attached hydrogens (primary N) is 1. The van der Waals surface area contributed by atoms with Crippen molar-refractivity contribution in [2.45, 2.75) is 32.7 Å². The summed E-state index contributed by atoms with van der Waals surface area (Å²) in [6, 6.07) is 3.74. The number of nitrogens with zero attached hydrogens (tertiary/aromatic N) is 1. The molecule has 21 heavy (non-hydrogen) atoms. The summed E-state index contributed by atoms with van der Waals surface area (Å²) in [5, 5.41) is 0. The van der Waals surface area contributed by atoms with Crippen molar-refractivity contribution in [3.63, 3.8) is 0 Å². The molecule has 0 aliphatic rings. The molecule has 0 aliphatic carbocycles. The van der Waals surface area contributed by atoms with Crippen molar-refractivity contribution in [1.82, 2.24) is 4.31 Å².